The Morgan fingerprint density at radius 3 is 2.80 bits per heavy atom. The third kappa shape index (κ3) is 1.96. The molecule has 1 aromatic heterocycles. The molecule has 3 heteroatoms. The zero-order valence-corrected chi connectivity index (χ0v) is 9.67. The van der Waals surface area contributed by atoms with Gasteiger partial charge in [0.15, 0.2) is 0 Å². The van der Waals surface area contributed by atoms with Crippen LogP contribution in [0.5, 0.6) is 0 Å². The van der Waals surface area contributed by atoms with Gasteiger partial charge in [-0.25, -0.2) is 0 Å². The summed E-state index contributed by atoms with van der Waals surface area (Å²) in [6, 6.07) is 2.71. The zero-order chi connectivity index (χ0) is 10.3. The molecule has 2 saturated carbocycles. The molecule has 0 aliphatic heterocycles. The molecular formula is C12H18N2S. The van der Waals surface area contributed by atoms with Crippen molar-refractivity contribution in [3.05, 3.63) is 22.4 Å². The molecule has 15 heavy (non-hydrogen) atoms. The van der Waals surface area contributed by atoms with E-state index in [1.54, 1.807) is 11.3 Å². The SMILES string of the molecule is NNC(Cc1ccsc1)C1CC2CC2C1. The fraction of sp³-hybridized carbons (Fsp3) is 0.667. The lowest BCUT2D eigenvalue weighted by Gasteiger charge is -2.23. The largest absolute Gasteiger partial charge is 0.271 e. The van der Waals surface area contributed by atoms with Crippen LogP contribution in [0.1, 0.15) is 24.8 Å². The highest BCUT2D eigenvalue weighted by molar-refractivity contribution is 7.07. The average Bonchev–Trinajstić information content (AvgIpc) is 2.73. The van der Waals surface area contributed by atoms with Gasteiger partial charge < -0.3 is 0 Å². The van der Waals surface area contributed by atoms with Crippen molar-refractivity contribution in [1.82, 2.24) is 5.43 Å². The van der Waals surface area contributed by atoms with Crippen molar-refractivity contribution < 1.29 is 0 Å². The fourth-order valence-corrected chi connectivity index (χ4v) is 3.80. The lowest BCUT2D eigenvalue weighted by atomic mass is 9.91. The van der Waals surface area contributed by atoms with Crippen LogP contribution in [0.25, 0.3) is 0 Å². The third-order valence-corrected chi connectivity index (χ3v) is 4.83. The van der Waals surface area contributed by atoms with E-state index in [2.05, 4.69) is 22.3 Å². The van der Waals surface area contributed by atoms with Crippen LogP contribution in [0.2, 0.25) is 0 Å². The fourth-order valence-electron chi connectivity index (χ4n) is 3.11. The first-order valence-electron chi connectivity index (χ1n) is 5.84. The molecule has 0 spiro atoms. The summed E-state index contributed by atoms with van der Waals surface area (Å²) >= 11 is 1.78. The van der Waals surface area contributed by atoms with Gasteiger partial charge in [0.05, 0.1) is 0 Å². The predicted molar refractivity (Wildman–Crippen MR) is 63.5 cm³/mol. The molecule has 3 N–H and O–H groups in total. The Morgan fingerprint density at radius 2 is 2.20 bits per heavy atom. The Labute approximate surface area is 94.8 Å². The van der Waals surface area contributed by atoms with E-state index in [4.69, 9.17) is 5.84 Å². The first-order chi connectivity index (χ1) is 7.36. The number of nitrogens with one attached hydrogen (secondary N) is 1. The minimum Gasteiger partial charge on any atom is -0.271 e. The summed E-state index contributed by atoms with van der Waals surface area (Å²) in [5, 5.41) is 4.38. The number of rotatable bonds is 4. The molecule has 0 bridgehead atoms. The molecule has 2 aliphatic carbocycles. The van der Waals surface area contributed by atoms with Crippen molar-refractivity contribution in [3.63, 3.8) is 0 Å². The molecule has 2 aliphatic rings. The summed E-state index contributed by atoms with van der Waals surface area (Å²) in [7, 11) is 0. The molecule has 82 valence electrons. The molecular weight excluding hydrogens is 204 g/mol. The molecule has 2 fully saturated rings. The molecule has 2 nitrogen and oxygen atoms in total. The van der Waals surface area contributed by atoms with Crippen LogP contribution in [-0.2, 0) is 6.42 Å². The Balaban J connectivity index is 1.61. The van der Waals surface area contributed by atoms with Crippen LogP contribution in [-0.4, -0.2) is 6.04 Å². The number of hydrogen-bond acceptors (Lipinski definition) is 3. The smallest absolute Gasteiger partial charge is 0.0279 e. The molecule has 3 rings (SSSR count). The molecule has 0 radical (unpaired) electrons. The summed E-state index contributed by atoms with van der Waals surface area (Å²) in [6.07, 6.45) is 5.41. The van der Waals surface area contributed by atoms with Gasteiger partial charge in [-0.2, -0.15) is 11.3 Å². The van der Waals surface area contributed by atoms with Crippen LogP contribution in [0, 0.1) is 17.8 Å². The van der Waals surface area contributed by atoms with Gasteiger partial charge in [0.2, 0.25) is 0 Å². The molecule has 0 aromatic carbocycles. The van der Waals surface area contributed by atoms with Crippen LogP contribution in [0.15, 0.2) is 16.8 Å². The molecule has 3 atom stereocenters. The van der Waals surface area contributed by atoms with Gasteiger partial charge >= 0.3 is 0 Å². The van der Waals surface area contributed by atoms with E-state index >= 15 is 0 Å². The van der Waals surface area contributed by atoms with Crippen LogP contribution < -0.4 is 11.3 Å². The highest BCUT2D eigenvalue weighted by atomic mass is 32.1. The van der Waals surface area contributed by atoms with Gasteiger partial charge in [-0.1, -0.05) is 0 Å². The number of hydrazine groups is 1. The van der Waals surface area contributed by atoms with E-state index in [1.165, 1.54) is 24.8 Å². The first-order valence-corrected chi connectivity index (χ1v) is 6.78. The normalized spacial score (nSPS) is 35.1. The van der Waals surface area contributed by atoms with Crippen molar-refractivity contribution >= 4 is 11.3 Å². The van der Waals surface area contributed by atoms with Gasteiger partial charge in [0.25, 0.3) is 0 Å². The summed E-state index contributed by atoms with van der Waals surface area (Å²) in [6.45, 7) is 0. The van der Waals surface area contributed by atoms with Crippen LogP contribution in [0.3, 0.4) is 0 Å². The lowest BCUT2D eigenvalue weighted by molar-refractivity contribution is 0.336. The second kappa shape index (κ2) is 3.89. The topological polar surface area (TPSA) is 38.0 Å². The quantitative estimate of drug-likeness (QED) is 0.605. The molecule has 0 amide bonds. The van der Waals surface area contributed by atoms with Gasteiger partial charge in [-0.3, -0.25) is 11.3 Å². The predicted octanol–water partition coefficient (Wildman–Crippen LogP) is 2.17. The summed E-state index contributed by atoms with van der Waals surface area (Å²) < 4.78 is 0. The highest BCUT2D eigenvalue weighted by Gasteiger charge is 2.47. The average molecular weight is 222 g/mol. The van der Waals surface area contributed by atoms with Crippen molar-refractivity contribution in [1.29, 1.82) is 0 Å². The van der Waals surface area contributed by atoms with Crippen molar-refractivity contribution in [2.45, 2.75) is 31.7 Å². The maximum Gasteiger partial charge on any atom is 0.0279 e. The van der Waals surface area contributed by atoms with Gasteiger partial charge in [0, 0.05) is 6.04 Å². The first kappa shape index (κ1) is 9.82. The van der Waals surface area contributed by atoms with E-state index in [0.717, 1.165) is 24.2 Å². The van der Waals surface area contributed by atoms with Gasteiger partial charge in [-0.05, 0) is 65.8 Å². The second-order valence-electron chi connectivity index (χ2n) is 5.10. The third-order valence-electron chi connectivity index (χ3n) is 4.10. The van der Waals surface area contributed by atoms with E-state index < -0.39 is 0 Å². The molecule has 1 heterocycles. The highest BCUT2D eigenvalue weighted by Crippen LogP contribution is 2.55. The number of thiophene rings is 1. The maximum atomic E-state index is 5.68. The van der Waals surface area contributed by atoms with E-state index in [1.807, 2.05) is 0 Å². The maximum absolute atomic E-state index is 5.68. The zero-order valence-electron chi connectivity index (χ0n) is 8.86. The van der Waals surface area contributed by atoms with Crippen molar-refractivity contribution in [3.8, 4) is 0 Å². The standard InChI is InChI=1S/C12H18N2S/c13-14-12(3-8-1-2-15-7-8)11-5-9-4-10(9)6-11/h1-2,7,9-12,14H,3-6,13H2. The van der Waals surface area contributed by atoms with Crippen LogP contribution >= 0.6 is 11.3 Å². The number of nitrogens with two attached hydrogens (primary N) is 1. The lowest BCUT2D eigenvalue weighted by Crippen LogP contribution is -2.42. The Hall–Kier alpha value is -0.380. The Bertz CT molecular complexity index is 312. The Morgan fingerprint density at radius 1 is 1.40 bits per heavy atom. The molecule has 3 unspecified atom stereocenters. The van der Waals surface area contributed by atoms with Crippen molar-refractivity contribution in [2.24, 2.45) is 23.6 Å². The van der Waals surface area contributed by atoms with Gasteiger partial charge in [0.1, 0.15) is 0 Å². The minimum atomic E-state index is 0.493. The monoisotopic (exact) mass is 222 g/mol. The second-order valence-corrected chi connectivity index (χ2v) is 5.88. The van der Waals surface area contributed by atoms with E-state index in [9.17, 15) is 0 Å². The molecule has 0 saturated heterocycles. The number of hydrogen-bond donors (Lipinski definition) is 2. The summed E-state index contributed by atoms with van der Waals surface area (Å²) in [5.74, 6) is 8.60. The molecule has 1 aromatic rings. The minimum absolute atomic E-state index is 0.493. The van der Waals surface area contributed by atoms with E-state index in [-0.39, 0.29) is 0 Å². The van der Waals surface area contributed by atoms with Crippen LogP contribution in [0.4, 0.5) is 0 Å². The summed E-state index contributed by atoms with van der Waals surface area (Å²) in [4.78, 5) is 0. The number of fused-ring (bicyclic) bond motifs is 1. The van der Waals surface area contributed by atoms with Crippen molar-refractivity contribution in [2.75, 3.05) is 0 Å². The Kier molecular flexibility index (Phi) is 2.54. The summed E-state index contributed by atoms with van der Waals surface area (Å²) in [5.41, 5.74) is 4.46. The van der Waals surface area contributed by atoms with E-state index in [0.29, 0.717) is 6.04 Å². The van der Waals surface area contributed by atoms with Gasteiger partial charge in [-0.15, -0.1) is 0 Å².